The van der Waals surface area contributed by atoms with Crippen molar-refractivity contribution in [2.45, 2.75) is 71.1 Å². The molecule has 2 heteroatoms. The first-order valence-electron chi connectivity index (χ1n) is 9.85. The lowest BCUT2D eigenvalue weighted by molar-refractivity contribution is -0.131. The van der Waals surface area contributed by atoms with Crippen molar-refractivity contribution in [3.63, 3.8) is 0 Å². The number of allylic oxidation sites excluding steroid dienone is 2. The molecule has 0 radical (unpaired) electrons. The van der Waals surface area contributed by atoms with Gasteiger partial charge in [0.15, 0.2) is 0 Å². The number of benzene rings is 1. The summed E-state index contributed by atoms with van der Waals surface area (Å²) in [5.41, 5.74) is 1.25. The summed E-state index contributed by atoms with van der Waals surface area (Å²) >= 11 is 0. The number of rotatable bonds is 14. The van der Waals surface area contributed by atoms with Crippen LogP contribution in [-0.4, -0.2) is 11.1 Å². The lowest BCUT2D eigenvalue weighted by atomic mass is 9.93. The van der Waals surface area contributed by atoms with Gasteiger partial charge in [-0.25, -0.2) is 4.79 Å². The molecule has 0 fully saturated rings. The molecular weight excluding hydrogens is 308 g/mol. The molecular formula is C23H34O2. The molecule has 0 aliphatic rings. The van der Waals surface area contributed by atoms with E-state index >= 15 is 0 Å². The van der Waals surface area contributed by atoms with Crippen molar-refractivity contribution in [1.29, 1.82) is 0 Å². The highest BCUT2D eigenvalue weighted by Gasteiger charge is 2.05. The topological polar surface area (TPSA) is 37.3 Å². The van der Waals surface area contributed by atoms with Gasteiger partial charge in [-0.05, 0) is 37.2 Å². The third kappa shape index (κ3) is 12.2. The van der Waals surface area contributed by atoms with Crippen LogP contribution in [0.3, 0.4) is 0 Å². The second-order valence-corrected chi connectivity index (χ2v) is 6.76. The zero-order valence-corrected chi connectivity index (χ0v) is 15.7. The van der Waals surface area contributed by atoms with Gasteiger partial charge in [0.2, 0.25) is 0 Å². The molecule has 0 aromatic heterocycles. The Balaban J connectivity index is 2.40. The molecule has 0 saturated heterocycles. The SMILES string of the molecule is CCCCCCCC[C@H](C=Cc1ccccc1)CCCC=CC(=O)O. The van der Waals surface area contributed by atoms with Crippen LogP contribution in [0.5, 0.6) is 0 Å². The molecule has 0 bridgehead atoms. The van der Waals surface area contributed by atoms with Gasteiger partial charge in [-0.15, -0.1) is 0 Å². The van der Waals surface area contributed by atoms with E-state index in [9.17, 15) is 4.79 Å². The number of carbonyl (C=O) groups is 1. The highest BCUT2D eigenvalue weighted by atomic mass is 16.4. The number of carboxylic acids is 1. The first-order valence-corrected chi connectivity index (χ1v) is 9.85. The van der Waals surface area contributed by atoms with Gasteiger partial charge in [0.25, 0.3) is 0 Å². The molecule has 2 nitrogen and oxygen atoms in total. The third-order valence-corrected chi connectivity index (χ3v) is 4.50. The molecule has 0 aliphatic carbocycles. The van der Waals surface area contributed by atoms with Crippen molar-refractivity contribution in [2.24, 2.45) is 5.92 Å². The Kier molecular flexibility index (Phi) is 12.3. The number of hydrogen-bond acceptors (Lipinski definition) is 1. The lowest BCUT2D eigenvalue weighted by Gasteiger charge is -2.12. The van der Waals surface area contributed by atoms with Gasteiger partial charge in [0.1, 0.15) is 0 Å². The van der Waals surface area contributed by atoms with Crippen molar-refractivity contribution in [3.05, 3.63) is 54.1 Å². The summed E-state index contributed by atoms with van der Waals surface area (Å²) < 4.78 is 0. The van der Waals surface area contributed by atoms with Crippen LogP contribution < -0.4 is 0 Å². The van der Waals surface area contributed by atoms with Crippen LogP contribution in [-0.2, 0) is 4.79 Å². The number of carboxylic acid groups (broad SMARTS) is 1. The molecule has 0 saturated carbocycles. The van der Waals surface area contributed by atoms with E-state index in [-0.39, 0.29) is 0 Å². The van der Waals surface area contributed by atoms with E-state index in [1.165, 1.54) is 56.6 Å². The van der Waals surface area contributed by atoms with E-state index < -0.39 is 5.97 Å². The van der Waals surface area contributed by atoms with Gasteiger partial charge in [0.05, 0.1) is 0 Å². The fourth-order valence-corrected chi connectivity index (χ4v) is 3.02. The summed E-state index contributed by atoms with van der Waals surface area (Å²) in [6.45, 7) is 2.25. The van der Waals surface area contributed by atoms with Crippen LogP contribution in [0.15, 0.2) is 48.6 Å². The average molecular weight is 343 g/mol. The Morgan fingerprint density at radius 3 is 2.40 bits per heavy atom. The first-order chi connectivity index (χ1) is 12.2. The maximum atomic E-state index is 10.5. The van der Waals surface area contributed by atoms with Crippen molar-refractivity contribution in [3.8, 4) is 0 Å². The summed E-state index contributed by atoms with van der Waals surface area (Å²) in [5.74, 6) is -0.266. The Morgan fingerprint density at radius 2 is 1.68 bits per heavy atom. The van der Waals surface area contributed by atoms with Gasteiger partial charge in [0, 0.05) is 6.08 Å². The molecule has 1 rings (SSSR count). The lowest BCUT2D eigenvalue weighted by Crippen LogP contribution is -1.97. The van der Waals surface area contributed by atoms with E-state index in [1.807, 2.05) is 6.07 Å². The quantitative estimate of drug-likeness (QED) is 0.295. The fraction of sp³-hybridized carbons (Fsp3) is 0.522. The normalized spacial score (nSPS) is 12.8. The van der Waals surface area contributed by atoms with Crippen molar-refractivity contribution in [2.75, 3.05) is 0 Å². The predicted octanol–water partition coefficient (Wildman–Crippen LogP) is 6.88. The molecule has 0 spiro atoms. The second-order valence-electron chi connectivity index (χ2n) is 6.76. The molecule has 0 amide bonds. The molecule has 1 aromatic carbocycles. The van der Waals surface area contributed by atoms with Crippen molar-refractivity contribution in [1.82, 2.24) is 0 Å². The maximum absolute atomic E-state index is 10.5. The standard InChI is InChI=1S/C23H34O2/c1-2-3-4-5-6-9-14-21(17-12-8-13-18-23(24)25)19-20-22-15-10-7-11-16-22/h7,10-11,13,15-16,18-21H,2-6,8-9,12,14,17H2,1H3,(H,24,25)/t21-/m0/s1. The van der Waals surface area contributed by atoms with Gasteiger partial charge in [-0.1, -0.05) is 94.0 Å². The Labute approximate surface area is 153 Å². The molecule has 1 aromatic rings. The second kappa shape index (κ2) is 14.5. The van der Waals surface area contributed by atoms with Crippen LogP contribution in [0.1, 0.15) is 76.7 Å². The van der Waals surface area contributed by atoms with Gasteiger partial charge in [-0.2, -0.15) is 0 Å². The minimum absolute atomic E-state index is 0.588. The maximum Gasteiger partial charge on any atom is 0.327 e. The summed E-state index contributed by atoms with van der Waals surface area (Å²) in [6.07, 6.45) is 19.8. The monoisotopic (exact) mass is 342 g/mol. The smallest absolute Gasteiger partial charge is 0.327 e. The third-order valence-electron chi connectivity index (χ3n) is 4.50. The highest BCUT2D eigenvalue weighted by Crippen LogP contribution is 2.20. The molecule has 25 heavy (non-hydrogen) atoms. The number of unbranched alkanes of at least 4 members (excludes halogenated alkanes) is 6. The molecule has 138 valence electrons. The van der Waals surface area contributed by atoms with Crippen molar-refractivity contribution < 1.29 is 9.90 Å². The first kappa shape index (κ1) is 21.2. The Morgan fingerprint density at radius 1 is 1.00 bits per heavy atom. The number of aliphatic carboxylic acids is 1. The molecule has 1 atom stereocenters. The van der Waals surface area contributed by atoms with E-state index in [0.29, 0.717) is 5.92 Å². The molecule has 0 aliphatic heterocycles. The number of hydrogen-bond donors (Lipinski definition) is 1. The summed E-state index contributed by atoms with van der Waals surface area (Å²) in [7, 11) is 0. The van der Waals surface area contributed by atoms with E-state index in [2.05, 4.69) is 43.3 Å². The highest BCUT2D eigenvalue weighted by molar-refractivity contribution is 5.79. The Hall–Kier alpha value is -1.83. The van der Waals surface area contributed by atoms with E-state index in [4.69, 9.17) is 5.11 Å². The van der Waals surface area contributed by atoms with Crippen LogP contribution in [0.25, 0.3) is 6.08 Å². The average Bonchev–Trinajstić information content (AvgIpc) is 2.62. The van der Waals surface area contributed by atoms with Crippen LogP contribution >= 0.6 is 0 Å². The molecule has 0 heterocycles. The van der Waals surface area contributed by atoms with E-state index in [1.54, 1.807) is 6.08 Å². The molecule has 1 N–H and O–H groups in total. The minimum Gasteiger partial charge on any atom is -0.478 e. The summed E-state index contributed by atoms with van der Waals surface area (Å²) in [5, 5.41) is 8.64. The zero-order valence-electron chi connectivity index (χ0n) is 15.7. The van der Waals surface area contributed by atoms with E-state index in [0.717, 1.165) is 19.3 Å². The van der Waals surface area contributed by atoms with Gasteiger partial charge in [-0.3, -0.25) is 0 Å². The fourth-order valence-electron chi connectivity index (χ4n) is 3.02. The minimum atomic E-state index is -0.854. The zero-order chi connectivity index (χ0) is 18.2. The summed E-state index contributed by atoms with van der Waals surface area (Å²) in [6, 6.07) is 10.4. The van der Waals surface area contributed by atoms with Crippen LogP contribution in [0.4, 0.5) is 0 Å². The summed E-state index contributed by atoms with van der Waals surface area (Å²) in [4.78, 5) is 10.5. The van der Waals surface area contributed by atoms with Crippen molar-refractivity contribution >= 4 is 12.0 Å². The molecule has 0 unspecified atom stereocenters. The van der Waals surface area contributed by atoms with Crippen LogP contribution in [0.2, 0.25) is 0 Å². The Bertz CT molecular complexity index is 502. The van der Waals surface area contributed by atoms with Gasteiger partial charge < -0.3 is 5.11 Å². The van der Waals surface area contributed by atoms with Gasteiger partial charge >= 0.3 is 5.97 Å². The predicted molar refractivity (Wildman–Crippen MR) is 108 cm³/mol. The van der Waals surface area contributed by atoms with Crippen LogP contribution in [0, 0.1) is 5.92 Å². The largest absolute Gasteiger partial charge is 0.478 e.